The summed E-state index contributed by atoms with van der Waals surface area (Å²) in [6, 6.07) is 11.3. The summed E-state index contributed by atoms with van der Waals surface area (Å²) in [6.07, 6.45) is -0.0488. The van der Waals surface area contributed by atoms with Gasteiger partial charge in [0.25, 0.3) is 0 Å². The number of aliphatic carboxylic acids is 1. The standard InChI is InChI=1S/C21H24N4O3/c1-13-14(2)18(25-12-11-24(21(25)28)10-9-19(26)27)8-7-17(13)15-3-5-16(6-4-15)20(22)23/h3-8H,9-12H2,1-2H3,(H3,22,23)(H,26,27). The van der Waals surface area contributed by atoms with Crippen molar-refractivity contribution in [1.82, 2.24) is 4.90 Å². The summed E-state index contributed by atoms with van der Waals surface area (Å²) >= 11 is 0. The van der Waals surface area contributed by atoms with Crippen LogP contribution in [0.4, 0.5) is 10.5 Å². The summed E-state index contributed by atoms with van der Waals surface area (Å²) in [4.78, 5) is 26.7. The molecule has 1 aliphatic rings. The molecule has 0 aromatic heterocycles. The molecule has 2 aromatic carbocycles. The molecule has 146 valence electrons. The first-order chi connectivity index (χ1) is 13.3. The number of hydrogen-bond acceptors (Lipinski definition) is 3. The summed E-state index contributed by atoms with van der Waals surface area (Å²) in [7, 11) is 0. The molecule has 7 heteroatoms. The van der Waals surface area contributed by atoms with E-state index in [0.717, 1.165) is 27.9 Å². The molecule has 3 rings (SSSR count). The van der Waals surface area contributed by atoms with Crippen LogP contribution >= 0.6 is 0 Å². The number of amides is 2. The summed E-state index contributed by atoms with van der Waals surface area (Å²) in [5.41, 5.74) is 11.2. The Balaban J connectivity index is 1.85. The maximum Gasteiger partial charge on any atom is 0.324 e. The highest BCUT2D eigenvalue weighted by Crippen LogP contribution is 2.33. The van der Waals surface area contributed by atoms with Crippen LogP contribution in [0.25, 0.3) is 11.1 Å². The molecular weight excluding hydrogens is 356 g/mol. The fourth-order valence-electron chi connectivity index (χ4n) is 3.49. The number of urea groups is 1. The van der Waals surface area contributed by atoms with Crippen LogP contribution in [0.1, 0.15) is 23.1 Å². The second-order valence-electron chi connectivity index (χ2n) is 6.94. The van der Waals surface area contributed by atoms with Crippen LogP contribution in [-0.2, 0) is 4.79 Å². The van der Waals surface area contributed by atoms with Gasteiger partial charge in [0.2, 0.25) is 0 Å². The second kappa shape index (κ2) is 7.72. The smallest absolute Gasteiger partial charge is 0.324 e. The molecule has 1 heterocycles. The number of nitrogens with two attached hydrogens (primary N) is 1. The van der Waals surface area contributed by atoms with Crippen molar-refractivity contribution in [1.29, 1.82) is 5.41 Å². The Hall–Kier alpha value is -3.35. The maximum absolute atomic E-state index is 12.7. The number of benzene rings is 2. The summed E-state index contributed by atoms with van der Waals surface area (Å²) in [5, 5.41) is 16.3. The third-order valence-electron chi connectivity index (χ3n) is 5.25. The van der Waals surface area contributed by atoms with Gasteiger partial charge in [0, 0.05) is 30.9 Å². The third-order valence-corrected chi connectivity index (χ3v) is 5.25. The van der Waals surface area contributed by atoms with Crippen LogP contribution < -0.4 is 10.6 Å². The normalized spacial score (nSPS) is 13.9. The van der Waals surface area contributed by atoms with E-state index in [1.54, 1.807) is 9.80 Å². The predicted octanol–water partition coefficient (Wildman–Crippen LogP) is 2.97. The number of carboxylic acids is 1. The lowest BCUT2D eigenvalue weighted by molar-refractivity contribution is -0.137. The molecule has 0 unspecified atom stereocenters. The number of carboxylic acid groups (broad SMARTS) is 1. The Morgan fingerprint density at radius 2 is 1.79 bits per heavy atom. The highest BCUT2D eigenvalue weighted by Gasteiger charge is 2.30. The van der Waals surface area contributed by atoms with Gasteiger partial charge in [-0.1, -0.05) is 30.3 Å². The molecule has 1 aliphatic heterocycles. The minimum absolute atomic E-state index is 0.0369. The van der Waals surface area contributed by atoms with Crippen LogP contribution in [0.2, 0.25) is 0 Å². The number of amidine groups is 1. The van der Waals surface area contributed by atoms with Crippen molar-refractivity contribution in [2.45, 2.75) is 20.3 Å². The van der Waals surface area contributed by atoms with Crippen molar-refractivity contribution in [3.05, 3.63) is 53.1 Å². The average molecular weight is 380 g/mol. The van der Waals surface area contributed by atoms with Gasteiger partial charge in [0.15, 0.2) is 0 Å². The fourth-order valence-corrected chi connectivity index (χ4v) is 3.49. The highest BCUT2D eigenvalue weighted by atomic mass is 16.4. The van der Waals surface area contributed by atoms with Gasteiger partial charge in [-0.3, -0.25) is 15.1 Å². The van der Waals surface area contributed by atoms with Crippen LogP contribution in [-0.4, -0.2) is 47.5 Å². The summed E-state index contributed by atoms with van der Waals surface area (Å²) < 4.78 is 0. The lowest BCUT2D eigenvalue weighted by Gasteiger charge is -2.22. The molecule has 7 nitrogen and oxygen atoms in total. The number of nitrogens with zero attached hydrogens (tertiary/aromatic N) is 2. The number of nitrogens with one attached hydrogen (secondary N) is 1. The van der Waals surface area contributed by atoms with Crippen molar-refractivity contribution in [2.75, 3.05) is 24.5 Å². The van der Waals surface area contributed by atoms with Crippen LogP contribution in [0, 0.1) is 19.3 Å². The van der Waals surface area contributed by atoms with E-state index in [2.05, 4.69) is 0 Å². The largest absolute Gasteiger partial charge is 0.481 e. The monoisotopic (exact) mass is 380 g/mol. The summed E-state index contributed by atoms with van der Waals surface area (Å²) in [6.45, 7) is 5.31. The molecule has 1 fully saturated rings. The number of rotatable bonds is 6. The van der Waals surface area contributed by atoms with Crippen molar-refractivity contribution in [3.63, 3.8) is 0 Å². The van der Waals surface area contributed by atoms with Gasteiger partial charge in [0.1, 0.15) is 5.84 Å². The van der Waals surface area contributed by atoms with Gasteiger partial charge in [-0.2, -0.15) is 0 Å². The van der Waals surface area contributed by atoms with Crippen molar-refractivity contribution < 1.29 is 14.7 Å². The van der Waals surface area contributed by atoms with E-state index >= 15 is 0 Å². The van der Waals surface area contributed by atoms with Crippen molar-refractivity contribution in [3.8, 4) is 11.1 Å². The first-order valence-electron chi connectivity index (χ1n) is 9.13. The number of anilines is 1. The number of carbonyl (C=O) groups excluding carboxylic acids is 1. The Kier molecular flexibility index (Phi) is 5.35. The van der Waals surface area contributed by atoms with Gasteiger partial charge in [-0.05, 0) is 42.2 Å². The van der Waals surface area contributed by atoms with Gasteiger partial charge in [-0.25, -0.2) is 4.79 Å². The van der Waals surface area contributed by atoms with Gasteiger partial charge < -0.3 is 15.7 Å². The average Bonchev–Trinajstić information content (AvgIpc) is 3.02. The third kappa shape index (κ3) is 3.69. The van der Waals surface area contributed by atoms with Gasteiger partial charge in [-0.15, -0.1) is 0 Å². The SMILES string of the molecule is Cc1c(-c2ccc(C(=N)N)cc2)ccc(N2CCN(CCC(=O)O)C2=O)c1C. The van der Waals surface area contributed by atoms with Gasteiger partial charge in [0.05, 0.1) is 6.42 Å². The Morgan fingerprint density at radius 1 is 1.11 bits per heavy atom. The molecule has 4 N–H and O–H groups in total. The quantitative estimate of drug-likeness (QED) is 0.528. The first-order valence-corrected chi connectivity index (χ1v) is 9.13. The molecule has 0 spiro atoms. The fraction of sp³-hybridized carbons (Fsp3) is 0.286. The highest BCUT2D eigenvalue weighted by molar-refractivity contribution is 5.96. The van der Waals surface area contributed by atoms with E-state index in [9.17, 15) is 9.59 Å². The van der Waals surface area contributed by atoms with E-state index in [1.807, 2.05) is 50.2 Å². The first kappa shape index (κ1) is 19.4. The van der Waals surface area contributed by atoms with E-state index in [4.69, 9.17) is 16.2 Å². The summed E-state index contributed by atoms with van der Waals surface area (Å²) in [5.74, 6) is -0.867. The Bertz CT molecular complexity index is 937. The second-order valence-corrected chi connectivity index (χ2v) is 6.94. The van der Waals surface area contributed by atoms with Crippen molar-refractivity contribution >= 4 is 23.5 Å². The zero-order valence-electron chi connectivity index (χ0n) is 16.0. The molecule has 2 amide bonds. The van der Waals surface area contributed by atoms with E-state index < -0.39 is 5.97 Å². The maximum atomic E-state index is 12.7. The van der Waals surface area contributed by atoms with E-state index in [1.165, 1.54) is 0 Å². The lowest BCUT2D eigenvalue weighted by atomic mass is 9.95. The van der Waals surface area contributed by atoms with Crippen LogP contribution in [0.3, 0.4) is 0 Å². The van der Waals surface area contributed by atoms with E-state index in [0.29, 0.717) is 18.7 Å². The minimum atomic E-state index is -0.904. The van der Waals surface area contributed by atoms with Gasteiger partial charge >= 0.3 is 12.0 Å². The topological polar surface area (TPSA) is 111 Å². The minimum Gasteiger partial charge on any atom is -0.481 e. The number of hydrogen-bond donors (Lipinski definition) is 3. The molecule has 0 bridgehead atoms. The predicted molar refractivity (Wildman–Crippen MR) is 109 cm³/mol. The number of nitrogen functional groups attached to an aromatic ring is 1. The molecule has 0 radical (unpaired) electrons. The molecule has 0 saturated carbocycles. The molecule has 2 aromatic rings. The molecule has 1 saturated heterocycles. The lowest BCUT2D eigenvalue weighted by Crippen LogP contribution is -2.33. The Labute approximate surface area is 163 Å². The molecule has 0 atom stereocenters. The van der Waals surface area contributed by atoms with Crippen molar-refractivity contribution in [2.24, 2.45) is 5.73 Å². The van der Waals surface area contributed by atoms with Crippen LogP contribution in [0.5, 0.6) is 0 Å². The zero-order chi connectivity index (χ0) is 20.4. The number of carbonyl (C=O) groups is 2. The molecule has 28 heavy (non-hydrogen) atoms. The molecule has 0 aliphatic carbocycles. The van der Waals surface area contributed by atoms with E-state index in [-0.39, 0.29) is 24.8 Å². The molecular formula is C21H24N4O3. The Morgan fingerprint density at radius 3 is 2.39 bits per heavy atom. The van der Waals surface area contributed by atoms with Crippen LogP contribution in [0.15, 0.2) is 36.4 Å². The zero-order valence-corrected chi connectivity index (χ0v) is 16.0.